The van der Waals surface area contributed by atoms with Gasteiger partial charge in [-0.3, -0.25) is 4.72 Å². The Morgan fingerprint density at radius 2 is 1.75 bits per heavy atom. The van der Waals surface area contributed by atoms with E-state index in [0.717, 1.165) is 28.8 Å². The van der Waals surface area contributed by atoms with Crippen molar-refractivity contribution in [2.24, 2.45) is 5.92 Å². The first-order chi connectivity index (χ1) is 15.3. The van der Waals surface area contributed by atoms with Crippen LogP contribution in [0, 0.1) is 26.7 Å². The van der Waals surface area contributed by atoms with Crippen molar-refractivity contribution in [2.75, 3.05) is 10.0 Å². The van der Waals surface area contributed by atoms with Crippen LogP contribution in [-0.2, 0) is 10.0 Å². The molecule has 3 atom stereocenters. The fourth-order valence-electron chi connectivity index (χ4n) is 4.98. The van der Waals surface area contributed by atoms with E-state index < -0.39 is 10.0 Å². The van der Waals surface area contributed by atoms with E-state index in [-0.39, 0.29) is 12.0 Å². The van der Waals surface area contributed by atoms with Crippen molar-refractivity contribution in [2.45, 2.75) is 44.0 Å². The van der Waals surface area contributed by atoms with Gasteiger partial charge in [-0.1, -0.05) is 54.1 Å². The molecule has 0 amide bonds. The van der Waals surface area contributed by atoms with E-state index in [0.29, 0.717) is 16.5 Å². The molecule has 1 heterocycles. The Morgan fingerprint density at radius 1 is 0.938 bits per heavy atom. The molecule has 2 aliphatic rings. The molecular formula is C27H28N2O2S. The number of hydrogen-bond acceptors (Lipinski definition) is 3. The number of allylic oxidation sites excluding steroid dienone is 2. The first kappa shape index (κ1) is 20.8. The van der Waals surface area contributed by atoms with Crippen molar-refractivity contribution in [3.8, 4) is 0 Å². The number of hydrogen-bond donors (Lipinski definition) is 2. The summed E-state index contributed by atoms with van der Waals surface area (Å²) >= 11 is 0. The van der Waals surface area contributed by atoms with Gasteiger partial charge in [-0.2, -0.15) is 0 Å². The van der Waals surface area contributed by atoms with E-state index in [1.54, 1.807) is 6.07 Å². The van der Waals surface area contributed by atoms with Crippen molar-refractivity contribution in [3.05, 3.63) is 101 Å². The average molecular weight is 445 g/mol. The summed E-state index contributed by atoms with van der Waals surface area (Å²) in [7, 11) is -3.69. The van der Waals surface area contributed by atoms with Gasteiger partial charge in [-0.05, 0) is 79.6 Å². The van der Waals surface area contributed by atoms with Gasteiger partial charge in [0.15, 0.2) is 0 Å². The monoisotopic (exact) mass is 444 g/mol. The van der Waals surface area contributed by atoms with Crippen molar-refractivity contribution in [1.82, 2.24) is 0 Å². The first-order valence-electron chi connectivity index (χ1n) is 11.1. The summed E-state index contributed by atoms with van der Waals surface area (Å²) in [5.41, 5.74) is 7.13. The number of fused-ring (bicyclic) bond motifs is 3. The predicted molar refractivity (Wildman–Crippen MR) is 131 cm³/mol. The van der Waals surface area contributed by atoms with Crippen molar-refractivity contribution in [1.29, 1.82) is 0 Å². The van der Waals surface area contributed by atoms with E-state index in [1.807, 2.05) is 44.2 Å². The molecule has 1 aliphatic carbocycles. The molecule has 3 aromatic rings. The molecule has 2 unspecified atom stereocenters. The van der Waals surface area contributed by atoms with E-state index in [9.17, 15) is 8.42 Å². The SMILES string of the molecule is Cc1cccc([C@H]2Nc3ccc(S(=O)(=O)Nc4cc(C)ccc4C)cc3C3C=CCC32)c1. The average Bonchev–Trinajstić information content (AvgIpc) is 3.25. The van der Waals surface area contributed by atoms with Crippen LogP contribution in [0.4, 0.5) is 11.4 Å². The molecule has 5 rings (SSSR count). The highest BCUT2D eigenvalue weighted by Crippen LogP contribution is 2.50. The molecule has 1 aliphatic heterocycles. The van der Waals surface area contributed by atoms with Crippen LogP contribution < -0.4 is 10.0 Å². The molecule has 0 spiro atoms. The Balaban J connectivity index is 1.50. The van der Waals surface area contributed by atoms with Crippen LogP contribution in [0.25, 0.3) is 0 Å². The lowest BCUT2D eigenvalue weighted by molar-refractivity contribution is 0.425. The van der Waals surface area contributed by atoms with Gasteiger partial charge in [0.2, 0.25) is 0 Å². The van der Waals surface area contributed by atoms with Crippen LogP contribution in [0.3, 0.4) is 0 Å². The number of rotatable bonds is 4. The minimum Gasteiger partial charge on any atom is -0.378 e. The summed E-state index contributed by atoms with van der Waals surface area (Å²) in [4.78, 5) is 0.298. The van der Waals surface area contributed by atoms with Gasteiger partial charge >= 0.3 is 0 Å². The number of anilines is 2. The highest BCUT2D eigenvalue weighted by atomic mass is 32.2. The first-order valence-corrected chi connectivity index (χ1v) is 12.5. The molecule has 0 aromatic heterocycles. The van der Waals surface area contributed by atoms with E-state index >= 15 is 0 Å². The van der Waals surface area contributed by atoms with Gasteiger partial charge in [-0.15, -0.1) is 0 Å². The lowest BCUT2D eigenvalue weighted by Gasteiger charge is -2.37. The van der Waals surface area contributed by atoms with Gasteiger partial charge in [0.05, 0.1) is 16.6 Å². The molecule has 0 bridgehead atoms. The molecule has 164 valence electrons. The smallest absolute Gasteiger partial charge is 0.261 e. The van der Waals surface area contributed by atoms with Crippen molar-refractivity contribution in [3.63, 3.8) is 0 Å². The molecule has 0 radical (unpaired) electrons. The van der Waals surface area contributed by atoms with Crippen LogP contribution in [0.1, 0.15) is 46.2 Å². The fourth-order valence-corrected chi connectivity index (χ4v) is 6.14. The predicted octanol–water partition coefficient (Wildman–Crippen LogP) is 6.24. The molecule has 5 heteroatoms. The molecule has 3 aromatic carbocycles. The number of aryl methyl sites for hydroxylation is 3. The molecule has 0 fully saturated rings. The molecule has 32 heavy (non-hydrogen) atoms. The highest BCUT2D eigenvalue weighted by Gasteiger charge is 2.38. The van der Waals surface area contributed by atoms with Gasteiger partial charge in [0.1, 0.15) is 0 Å². The molecule has 0 saturated carbocycles. The second-order valence-electron chi connectivity index (χ2n) is 9.06. The fraction of sp³-hybridized carbons (Fsp3) is 0.259. The summed E-state index contributed by atoms with van der Waals surface area (Å²) < 4.78 is 29.2. The lowest BCUT2D eigenvalue weighted by atomic mass is 9.77. The summed E-state index contributed by atoms with van der Waals surface area (Å²) in [5, 5.41) is 3.70. The molecule has 2 N–H and O–H groups in total. The normalized spacial score (nSPS) is 21.5. The molecule has 0 saturated heterocycles. The third-order valence-electron chi connectivity index (χ3n) is 6.68. The Bertz CT molecular complexity index is 1330. The lowest BCUT2D eigenvalue weighted by Crippen LogP contribution is -2.29. The Labute approximate surface area is 190 Å². The van der Waals surface area contributed by atoms with Gasteiger partial charge in [-0.25, -0.2) is 8.42 Å². The minimum atomic E-state index is -3.69. The zero-order valence-electron chi connectivity index (χ0n) is 18.6. The van der Waals surface area contributed by atoms with Gasteiger partial charge < -0.3 is 5.32 Å². The zero-order chi connectivity index (χ0) is 22.5. The third kappa shape index (κ3) is 3.71. The van der Waals surface area contributed by atoms with Crippen LogP contribution in [0.5, 0.6) is 0 Å². The third-order valence-corrected chi connectivity index (χ3v) is 8.05. The van der Waals surface area contributed by atoms with Crippen LogP contribution in [0.2, 0.25) is 0 Å². The molecule has 4 nitrogen and oxygen atoms in total. The summed E-state index contributed by atoms with van der Waals surface area (Å²) in [5.74, 6) is 0.571. The van der Waals surface area contributed by atoms with Crippen molar-refractivity contribution < 1.29 is 8.42 Å². The maximum atomic E-state index is 13.2. The topological polar surface area (TPSA) is 58.2 Å². The minimum absolute atomic E-state index is 0.201. The summed E-state index contributed by atoms with van der Waals surface area (Å²) in [6.45, 7) is 5.98. The molecular weight excluding hydrogens is 416 g/mol. The number of sulfonamides is 1. The van der Waals surface area contributed by atoms with Gasteiger partial charge in [0.25, 0.3) is 10.0 Å². The highest BCUT2D eigenvalue weighted by molar-refractivity contribution is 7.92. The second kappa shape index (κ2) is 7.82. The number of benzene rings is 3. The number of nitrogens with one attached hydrogen (secondary N) is 2. The summed E-state index contributed by atoms with van der Waals surface area (Å²) in [6.07, 6.45) is 5.44. The Kier molecular flexibility index (Phi) is 5.09. The second-order valence-corrected chi connectivity index (χ2v) is 10.7. The Morgan fingerprint density at radius 3 is 2.56 bits per heavy atom. The van der Waals surface area contributed by atoms with Crippen LogP contribution >= 0.6 is 0 Å². The summed E-state index contributed by atoms with van der Waals surface area (Å²) in [6, 6.07) is 20.1. The maximum absolute atomic E-state index is 13.2. The van der Waals surface area contributed by atoms with E-state index in [4.69, 9.17) is 0 Å². The van der Waals surface area contributed by atoms with Crippen molar-refractivity contribution >= 4 is 21.4 Å². The van der Waals surface area contributed by atoms with Crippen LogP contribution in [-0.4, -0.2) is 8.42 Å². The maximum Gasteiger partial charge on any atom is 0.261 e. The van der Waals surface area contributed by atoms with E-state index in [1.165, 1.54) is 11.1 Å². The van der Waals surface area contributed by atoms with E-state index in [2.05, 4.69) is 53.4 Å². The quantitative estimate of drug-likeness (QED) is 0.468. The standard InChI is InChI=1S/C27H28N2O2S/c1-17-6-4-7-20(14-17)27-23-9-5-8-22(23)24-16-21(12-13-25(24)28-27)32(30,31)29-26-15-18(2)10-11-19(26)3/h4-8,10-16,22-23,27-29H,9H2,1-3H3/t22?,23?,27-/m1/s1. The zero-order valence-corrected chi connectivity index (χ0v) is 19.4. The largest absolute Gasteiger partial charge is 0.378 e. The van der Waals surface area contributed by atoms with Gasteiger partial charge in [0, 0.05) is 11.6 Å². The Hall–Kier alpha value is -3.05. The van der Waals surface area contributed by atoms with Crippen LogP contribution in [0.15, 0.2) is 77.7 Å².